The van der Waals surface area contributed by atoms with Gasteiger partial charge >= 0.3 is 6.03 Å². The molecule has 2 aliphatic heterocycles. The van der Waals surface area contributed by atoms with E-state index in [9.17, 15) is 4.79 Å². The summed E-state index contributed by atoms with van der Waals surface area (Å²) >= 11 is 5.93. The molecule has 0 spiro atoms. The number of hydrogen-bond donors (Lipinski definition) is 1. The Morgan fingerprint density at radius 1 is 0.868 bits per heavy atom. The number of carbonyl (C=O) groups excluding carboxylic acids is 1. The van der Waals surface area contributed by atoms with Gasteiger partial charge in [0.1, 0.15) is 24.7 Å². The fourth-order valence-corrected chi connectivity index (χ4v) is 4.60. The maximum absolute atomic E-state index is 13.2. The highest BCUT2D eigenvalue weighted by Crippen LogP contribution is 2.36. The highest BCUT2D eigenvalue weighted by molar-refractivity contribution is 6.30. The van der Waals surface area contributed by atoms with E-state index in [0.29, 0.717) is 47.7 Å². The number of hydrogen-bond acceptors (Lipinski definition) is 5. The van der Waals surface area contributed by atoms with E-state index in [4.69, 9.17) is 30.9 Å². The molecule has 2 amide bonds. The molecule has 2 aliphatic rings. The molecular formula is C30H24ClN3O4. The van der Waals surface area contributed by atoms with Gasteiger partial charge < -0.3 is 19.5 Å². The Bertz CT molecular complexity index is 1470. The zero-order valence-corrected chi connectivity index (χ0v) is 21.1. The molecule has 0 saturated heterocycles. The number of urea groups is 1. The molecule has 2 heterocycles. The van der Waals surface area contributed by atoms with Gasteiger partial charge in [0.15, 0.2) is 11.5 Å². The monoisotopic (exact) mass is 525 g/mol. The third-order valence-corrected chi connectivity index (χ3v) is 6.59. The molecule has 0 bridgehead atoms. The van der Waals surface area contributed by atoms with Crippen molar-refractivity contribution in [2.24, 2.45) is 5.10 Å². The van der Waals surface area contributed by atoms with Crippen molar-refractivity contribution in [2.45, 2.75) is 5.92 Å². The van der Waals surface area contributed by atoms with Crippen molar-refractivity contribution in [2.75, 3.05) is 25.1 Å². The number of halogens is 1. The number of hydrazone groups is 1. The largest absolute Gasteiger partial charge is 0.486 e. The van der Waals surface area contributed by atoms with Crippen LogP contribution in [0.1, 0.15) is 17.0 Å². The number of ether oxygens (including phenoxy) is 3. The first-order chi connectivity index (χ1) is 18.6. The van der Waals surface area contributed by atoms with Crippen molar-refractivity contribution in [3.8, 4) is 23.0 Å². The van der Waals surface area contributed by atoms with Crippen molar-refractivity contribution in [3.63, 3.8) is 0 Å². The molecule has 0 aliphatic carbocycles. The standard InChI is InChI=1S/C30H24ClN3O4/c31-22-7-11-24(12-8-22)38-25-13-9-23(10-14-25)32-30(35)34-19-26(29(33-34)20-4-2-1-3-5-20)21-6-15-27-28(18-21)37-17-16-36-27/h1-15,18,26H,16-17,19H2,(H,32,35). The van der Waals surface area contributed by atoms with Gasteiger partial charge in [-0.05, 0) is 71.8 Å². The van der Waals surface area contributed by atoms with E-state index < -0.39 is 0 Å². The van der Waals surface area contributed by atoms with E-state index in [1.807, 2.05) is 48.5 Å². The molecule has 4 aromatic rings. The van der Waals surface area contributed by atoms with Crippen LogP contribution in [0.4, 0.5) is 10.5 Å². The van der Waals surface area contributed by atoms with E-state index in [1.165, 1.54) is 5.01 Å². The van der Waals surface area contributed by atoms with Gasteiger partial charge in [0, 0.05) is 16.6 Å². The average Bonchev–Trinajstić information content (AvgIpc) is 3.41. The molecule has 1 unspecified atom stereocenters. The van der Waals surface area contributed by atoms with Crippen LogP contribution in [0.15, 0.2) is 102 Å². The third kappa shape index (κ3) is 5.14. The summed E-state index contributed by atoms with van der Waals surface area (Å²) in [5.41, 5.74) is 3.43. The van der Waals surface area contributed by atoms with Crippen molar-refractivity contribution in [1.29, 1.82) is 0 Å². The number of carbonyl (C=O) groups is 1. The number of nitrogens with one attached hydrogen (secondary N) is 1. The Labute approximate surface area is 225 Å². The van der Waals surface area contributed by atoms with E-state index >= 15 is 0 Å². The number of fused-ring (bicyclic) bond motifs is 1. The van der Waals surface area contributed by atoms with Crippen molar-refractivity contribution >= 4 is 29.0 Å². The van der Waals surface area contributed by atoms with E-state index in [2.05, 4.69) is 5.32 Å². The first-order valence-electron chi connectivity index (χ1n) is 12.3. The summed E-state index contributed by atoms with van der Waals surface area (Å²) < 4.78 is 17.3. The molecule has 1 N–H and O–H groups in total. The molecule has 0 saturated carbocycles. The number of rotatable bonds is 5. The number of anilines is 1. The lowest BCUT2D eigenvalue weighted by atomic mass is 9.90. The lowest BCUT2D eigenvalue weighted by Gasteiger charge is -2.21. The maximum atomic E-state index is 13.2. The van der Waals surface area contributed by atoms with Crippen LogP contribution in [0.25, 0.3) is 0 Å². The Balaban J connectivity index is 1.19. The molecule has 4 aromatic carbocycles. The quantitative estimate of drug-likeness (QED) is 0.306. The minimum atomic E-state index is -0.315. The van der Waals surface area contributed by atoms with Crippen LogP contribution in [0.3, 0.4) is 0 Å². The van der Waals surface area contributed by atoms with Crippen LogP contribution in [-0.2, 0) is 0 Å². The molecule has 190 valence electrons. The summed E-state index contributed by atoms with van der Waals surface area (Å²) in [6.07, 6.45) is 0. The zero-order chi connectivity index (χ0) is 25.9. The SMILES string of the molecule is O=C(Nc1ccc(Oc2ccc(Cl)cc2)cc1)N1CC(c2ccc3c(c2)OCCO3)C(c2ccccc2)=N1. The smallest absolute Gasteiger partial charge is 0.342 e. The molecule has 0 radical (unpaired) electrons. The van der Waals surface area contributed by atoms with Gasteiger partial charge in [-0.15, -0.1) is 0 Å². The highest BCUT2D eigenvalue weighted by Gasteiger charge is 2.33. The summed E-state index contributed by atoms with van der Waals surface area (Å²) in [6.45, 7) is 1.45. The molecule has 0 fully saturated rings. The first-order valence-corrected chi connectivity index (χ1v) is 12.7. The predicted molar refractivity (Wildman–Crippen MR) is 147 cm³/mol. The van der Waals surface area contributed by atoms with E-state index in [1.54, 1.807) is 48.5 Å². The fourth-order valence-electron chi connectivity index (χ4n) is 4.47. The van der Waals surface area contributed by atoms with Crippen molar-refractivity contribution < 1.29 is 19.0 Å². The molecule has 8 heteroatoms. The molecular weight excluding hydrogens is 502 g/mol. The van der Waals surface area contributed by atoms with Crippen LogP contribution in [-0.4, -0.2) is 36.5 Å². The van der Waals surface area contributed by atoms with Gasteiger partial charge in [-0.2, -0.15) is 5.10 Å². The number of amides is 2. The van der Waals surface area contributed by atoms with Crippen LogP contribution in [0.2, 0.25) is 5.02 Å². The Morgan fingerprint density at radius 2 is 1.55 bits per heavy atom. The van der Waals surface area contributed by atoms with Gasteiger partial charge in [-0.25, -0.2) is 9.80 Å². The van der Waals surface area contributed by atoms with Crippen LogP contribution >= 0.6 is 11.6 Å². The Hall–Kier alpha value is -4.49. The van der Waals surface area contributed by atoms with Gasteiger partial charge in [0.25, 0.3) is 0 Å². The fraction of sp³-hybridized carbons (Fsp3) is 0.133. The Morgan fingerprint density at radius 3 is 2.29 bits per heavy atom. The van der Waals surface area contributed by atoms with Crippen LogP contribution in [0.5, 0.6) is 23.0 Å². The molecule has 1 atom stereocenters. The Kier molecular flexibility index (Phi) is 6.58. The minimum absolute atomic E-state index is 0.117. The second-order valence-electron chi connectivity index (χ2n) is 8.90. The lowest BCUT2D eigenvalue weighted by Crippen LogP contribution is -2.30. The first kappa shape index (κ1) is 23.9. The van der Waals surface area contributed by atoms with Crippen molar-refractivity contribution in [1.82, 2.24) is 5.01 Å². The van der Waals surface area contributed by atoms with Crippen LogP contribution < -0.4 is 19.5 Å². The highest BCUT2D eigenvalue weighted by atomic mass is 35.5. The second kappa shape index (κ2) is 10.5. The molecule has 38 heavy (non-hydrogen) atoms. The third-order valence-electron chi connectivity index (χ3n) is 6.34. The van der Waals surface area contributed by atoms with Gasteiger partial charge in [0.05, 0.1) is 12.3 Å². The molecule has 6 rings (SSSR count). The molecule has 7 nitrogen and oxygen atoms in total. The normalized spacial score (nSPS) is 16.1. The van der Waals surface area contributed by atoms with E-state index in [-0.39, 0.29) is 11.9 Å². The minimum Gasteiger partial charge on any atom is -0.486 e. The molecule has 0 aromatic heterocycles. The summed E-state index contributed by atoms with van der Waals surface area (Å²) in [5.74, 6) is 2.65. The number of nitrogens with zero attached hydrogens (tertiary/aromatic N) is 2. The van der Waals surface area contributed by atoms with Crippen molar-refractivity contribution in [3.05, 3.63) is 113 Å². The summed E-state index contributed by atoms with van der Waals surface area (Å²) in [6, 6.07) is 29.8. The predicted octanol–water partition coefficient (Wildman–Crippen LogP) is 6.94. The average molecular weight is 526 g/mol. The maximum Gasteiger partial charge on any atom is 0.342 e. The zero-order valence-electron chi connectivity index (χ0n) is 20.3. The topological polar surface area (TPSA) is 72.4 Å². The van der Waals surface area contributed by atoms with E-state index in [0.717, 1.165) is 22.6 Å². The van der Waals surface area contributed by atoms with Gasteiger partial charge in [0.2, 0.25) is 0 Å². The number of benzene rings is 4. The summed E-state index contributed by atoms with van der Waals surface area (Å²) in [4.78, 5) is 13.2. The van der Waals surface area contributed by atoms with Crippen LogP contribution in [0, 0.1) is 0 Å². The lowest BCUT2D eigenvalue weighted by molar-refractivity contribution is 0.171. The summed E-state index contributed by atoms with van der Waals surface area (Å²) in [5, 5.41) is 9.79. The van der Waals surface area contributed by atoms with Gasteiger partial charge in [-0.1, -0.05) is 48.0 Å². The van der Waals surface area contributed by atoms with Gasteiger partial charge in [-0.3, -0.25) is 0 Å². The second-order valence-corrected chi connectivity index (χ2v) is 9.34. The summed E-state index contributed by atoms with van der Waals surface area (Å²) in [7, 11) is 0.